The Morgan fingerprint density at radius 1 is 1.31 bits per heavy atom. The molecule has 0 aliphatic carbocycles. The van der Waals surface area contributed by atoms with Gasteiger partial charge in [0, 0.05) is 0 Å². The van der Waals surface area contributed by atoms with Crippen LogP contribution in [0.2, 0.25) is 0 Å². The van der Waals surface area contributed by atoms with Gasteiger partial charge in [-0.15, -0.1) is 0 Å². The SMILES string of the molecule is NOCCc1cc(F)c(O)c(F)c1. The fourth-order valence-electron chi connectivity index (χ4n) is 0.939. The molecule has 3 N–H and O–H groups in total. The summed E-state index contributed by atoms with van der Waals surface area (Å²) in [5.74, 6) is 1.83. The summed E-state index contributed by atoms with van der Waals surface area (Å²) < 4.78 is 25.4. The van der Waals surface area contributed by atoms with Crippen LogP contribution in [0.4, 0.5) is 8.78 Å². The second kappa shape index (κ2) is 4.15. The monoisotopic (exact) mass is 189 g/mol. The van der Waals surface area contributed by atoms with E-state index in [-0.39, 0.29) is 6.61 Å². The van der Waals surface area contributed by atoms with Crippen LogP contribution in [0.5, 0.6) is 5.75 Å². The molecule has 0 saturated carbocycles. The van der Waals surface area contributed by atoms with Crippen LogP contribution in [-0.2, 0) is 11.3 Å². The van der Waals surface area contributed by atoms with E-state index in [1.807, 2.05) is 0 Å². The van der Waals surface area contributed by atoms with E-state index in [9.17, 15) is 8.78 Å². The Balaban J connectivity index is 2.86. The van der Waals surface area contributed by atoms with Crippen LogP contribution in [0.1, 0.15) is 5.56 Å². The van der Waals surface area contributed by atoms with Crippen LogP contribution in [-0.4, -0.2) is 11.7 Å². The highest BCUT2D eigenvalue weighted by Gasteiger charge is 2.08. The van der Waals surface area contributed by atoms with Gasteiger partial charge in [-0.25, -0.2) is 14.7 Å². The Bertz CT molecular complexity index is 281. The Hall–Kier alpha value is -1.20. The molecule has 0 atom stereocenters. The number of hydrogen-bond donors (Lipinski definition) is 2. The van der Waals surface area contributed by atoms with Gasteiger partial charge in [0.25, 0.3) is 0 Å². The quantitative estimate of drug-likeness (QED) is 0.700. The van der Waals surface area contributed by atoms with E-state index in [4.69, 9.17) is 11.0 Å². The fourth-order valence-corrected chi connectivity index (χ4v) is 0.939. The molecule has 0 aliphatic rings. The van der Waals surface area contributed by atoms with Crippen LogP contribution in [0.15, 0.2) is 12.1 Å². The molecule has 0 fully saturated rings. The average Bonchev–Trinajstić information content (AvgIpc) is 2.10. The van der Waals surface area contributed by atoms with Gasteiger partial charge >= 0.3 is 0 Å². The second-order valence-corrected chi connectivity index (χ2v) is 2.53. The Kier molecular flexibility index (Phi) is 3.16. The molecular weight excluding hydrogens is 180 g/mol. The molecule has 0 heterocycles. The highest BCUT2D eigenvalue weighted by molar-refractivity contribution is 5.30. The number of nitrogens with two attached hydrogens (primary N) is 1. The maximum Gasteiger partial charge on any atom is 0.187 e. The highest BCUT2D eigenvalue weighted by atomic mass is 19.1. The van der Waals surface area contributed by atoms with Crippen LogP contribution >= 0.6 is 0 Å². The largest absolute Gasteiger partial charge is 0.503 e. The van der Waals surface area contributed by atoms with Crippen LogP contribution in [0.25, 0.3) is 0 Å². The molecular formula is C8H9F2NO2. The van der Waals surface area contributed by atoms with Gasteiger partial charge in [0.1, 0.15) is 0 Å². The third kappa shape index (κ3) is 2.37. The number of phenols is 1. The molecule has 0 unspecified atom stereocenters. The molecule has 72 valence electrons. The van der Waals surface area contributed by atoms with E-state index in [1.54, 1.807) is 0 Å². The first-order valence-corrected chi connectivity index (χ1v) is 3.63. The van der Waals surface area contributed by atoms with Crippen molar-refractivity contribution < 1.29 is 18.7 Å². The minimum atomic E-state index is -0.980. The topological polar surface area (TPSA) is 55.5 Å². The molecule has 1 aromatic carbocycles. The van der Waals surface area contributed by atoms with Crippen LogP contribution in [0.3, 0.4) is 0 Å². The van der Waals surface area contributed by atoms with E-state index in [0.29, 0.717) is 12.0 Å². The van der Waals surface area contributed by atoms with Gasteiger partial charge in [-0.1, -0.05) is 0 Å². The summed E-state index contributed by atoms with van der Waals surface area (Å²) in [6.45, 7) is 0.170. The zero-order chi connectivity index (χ0) is 9.84. The number of benzene rings is 1. The van der Waals surface area contributed by atoms with Crippen molar-refractivity contribution in [1.82, 2.24) is 0 Å². The molecule has 1 aromatic rings. The summed E-state index contributed by atoms with van der Waals surface area (Å²) in [6, 6.07) is 2.08. The van der Waals surface area contributed by atoms with Crippen molar-refractivity contribution in [2.24, 2.45) is 5.90 Å². The second-order valence-electron chi connectivity index (χ2n) is 2.53. The van der Waals surface area contributed by atoms with Gasteiger partial charge in [-0.05, 0) is 24.1 Å². The summed E-state index contributed by atoms with van der Waals surface area (Å²) in [5.41, 5.74) is 0.387. The first-order valence-electron chi connectivity index (χ1n) is 3.63. The Labute approximate surface area is 73.7 Å². The summed E-state index contributed by atoms with van der Waals surface area (Å²) in [6.07, 6.45) is 0.296. The minimum absolute atomic E-state index is 0.170. The summed E-state index contributed by atoms with van der Waals surface area (Å²) >= 11 is 0. The molecule has 0 aliphatic heterocycles. The third-order valence-corrected chi connectivity index (χ3v) is 1.59. The molecule has 0 amide bonds. The predicted octanol–water partition coefficient (Wildman–Crippen LogP) is 1.10. The average molecular weight is 189 g/mol. The lowest BCUT2D eigenvalue weighted by molar-refractivity contribution is 0.141. The Morgan fingerprint density at radius 3 is 2.31 bits per heavy atom. The Morgan fingerprint density at radius 2 is 1.85 bits per heavy atom. The van der Waals surface area contributed by atoms with Crippen molar-refractivity contribution in [2.75, 3.05) is 6.61 Å². The molecule has 0 aromatic heterocycles. The van der Waals surface area contributed by atoms with Crippen molar-refractivity contribution in [3.63, 3.8) is 0 Å². The molecule has 0 spiro atoms. The standard InChI is InChI=1S/C8H9F2NO2/c9-6-3-5(1-2-13-11)4-7(10)8(6)12/h3-4,12H,1-2,11H2. The van der Waals surface area contributed by atoms with E-state index in [1.165, 1.54) is 0 Å². The lowest BCUT2D eigenvalue weighted by Gasteiger charge is -2.02. The molecule has 3 nitrogen and oxygen atoms in total. The lowest BCUT2D eigenvalue weighted by Crippen LogP contribution is -2.04. The molecule has 13 heavy (non-hydrogen) atoms. The van der Waals surface area contributed by atoms with E-state index < -0.39 is 17.4 Å². The lowest BCUT2D eigenvalue weighted by atomic mass is 10.1. The van der Waals surface area contributed by atoms with Crippen LogP contribution < -0.4 is 5.90 Å². The number of hydrogen-bond acceptors (Lipinski definition) is 3. The fraction of sp³-hybridized carbons (Fsp3) is 0.250. The van der Waals surface area contributed by atoms with Gasteiger partial charge in [0.15, 0.2) is 17.4 Å². The van der Waals surface area contributed by atoms with Crippen molar-refractivity contribution in [3.05, 3.63) is 29.3 Å². The molecule has 1 rings (SSSR count). The maximum absolute atomic E-state index is 12.7. The number of phenolic OH excluding ortho intramolecular Hbond substituents is 1. The summed E-state index contributed by atoms with van der Waals surface area (Å²) in [7, 11) is 0. The zero-order valence-corrected chi connectivity index (χ0v) is 6.76. The van der Waals surface area contributed by atoms with Gasteiger partial charge in [-0.2, -0.15) is 0 Å². The van der Waals surface area contributed by atoms with Crippen molar-refractivity contribution in [2.45, 2.75) is 6.42 Å². The van der Waals surface area contributed by atoms with E-state index in [0.717, 1.165) is 12.1 Å². The van der Waals surface area contributed by atoms with Gasteiger partial charge < -0.3 is 9.94 Å². The van der Waals surface area contributed by atoms with Crippen LogP contribution in [0, 0.1) is 11.6 Å². The molecule has 0 saturated heterocycles. The highest BCUT2D eigenvalue weighted by Crippen LogP contribution is 2.21. The normalized spacial score (nSPS) is 10.4. The van der Waals surface area contributed by atoms with Crippen molar-refractivity contribution in [3.8, 4) is 5.75 Å². The van der Waals surface area contributed by atoms with E-state index >= 15 is 0 Å². The maximum atomic E-state index is 12.7. The summed E-state index contributed by atoms with van der Waals surface area (Å²) in [5, 5.41) is 8.75. The first kappa shape index (κ1) is 9.88. The minimum Gasteiger partial charge on any atom is -0.503 e. The predicted molar refractivity (Wildman–Crippen MR) is 41.9 cm³/mol. The van der Waals surface area contributed by atoms with Gasteiger partial charge in [-0.3, -0.25) is 0 Å². The van der Waals surface area contributed by atoms with Crippen molar-refractivity contribution >= 4 is 0 Å². The number of aromatic hydroxyl groups is 1. The third-order valence-electron chi connectivity index (χ3n) is 1.59. The molecule has 5 heteroatoms. The van der Waals surface area contributed by atoms with Gasteiger partial charge in [0.2, 0.25) is 0 Å². The number of halogens is 2. The first-order chi connectivity index (χ1) is 6.15. The number of rotatable bonds is 3. The molecule has 0 radical (unpaired) electrons. The molecule has 0 bridgehead atoms. The zero-order valence-electron chi connectivity index (χ0n) is 6.76. The van der Waals surface area contributed by atoms with E-state index in [2.05, 4.69) is 4.84 Å². The van der Waals surface area contributed by atoms with Gasteiger partial charge in [0.05, 0.1) is 6.61 Å². The smallest absolute Gasteiger partial charge is 0.187 e. The summed E-state index contributed by atoms with van der Waals surface area (Å²) in [4.78, 5) is 4.25. The van der Waals surface area contributed by atoms with Crippen molar-refractivity contribution in [1.29, 1.82) is 0 Å².